The summed E-state index contributed by atoms with van der Waals surface area (Å²) in [6.07, 6.45) is 3.37. The molecule has 2 rings (SSSR count). The van der Waals surface area contributed by atoms with Crippen LogP contribution in [0.5, 0.6) is 0 Å². The fourth-order valence-electron chi connectivity index (χ4n) is 3.61. The van der Waals surface area contributed by atoms with Gasteiger partial charge in [0.15, 0.2) is 0 Å². The maximum absolute atomic E-state index is 12.7. The number of rotatable bonds is 3. The minimum Gasteiger partial charge on any atom is -0.465 e. The van der Waals surface area contributed by atoms with Gasteiger partial charge < -0.3 is 10.1 Å². The van der Waals surface area contributed by atoms with Crippen LogP contribution in [0.25, 0.3) is 0 Å². The second-order valence-electron chi connectivity index (χ2n) is 6.89. The highest BCUT2D eigenvalue weighted by atomic mass is 16.5. The van der Waals surface area contributed by atoms with E-state index in [9.17, 15) is 9.59 Å². The van der Waals surface area contributed by atoms with Crippen molar-refractivity contribution in [2.75, 3.05) is 12.4 Å². The van der Waals surface area contributed by atoms with Crippen LogP contribution < -0.4 is 5.32 Å². The van der Waals surface area contributed by atoms with E-state index >= 15 is 0 Å². The standard InChI is InChI=1S/C18H25NO3/c1-12-6-5-11-18(2,3)15(12)16(20)19-14-9-7-13(8-10-14)17(21)22-4/h7-10,12,15H,5-6,11H2,1-4H3,(H,19,20)/t12-,15?/m0/s1. The molecular weight excluding hydrogens is 278 g/mol. The molecule has 1 aliphatic rings. The van der Waals surface area contributed by atoms with Gasteiger partial charge in [-0.3, -0.25) is 4.79 Å². The maximum Gasteiger partial charge on any atom is 0.337 e. The van der Waals surface area contributed by atoms with Crippen LogP contribution in [-0.4, -0.2) is 19.0 Å². The first-order valence-corrected chi connectivity index (χ1v) is 7.84. The Kier molecular flexibility index (Phi) is 4.89. The minimum absolute atomic E-state index is 0.0153. The zero-order chi connectivity index (χ0) is 16.3. The summed E-state index contributed by atoms with van der Waals surface area (Å²) in [6, 6.07) is 6.81. The second-order valence-corrected chi connectivity index (χ2v) is 6.89. The van der Waals surface area contributed by atoms with Crippen molar-refractivity contribution in [3.63, 3.8) is 0 Å². The molecule has 2 atom stereocenters. The van der Waals surface area contributed by atoms with Crippen LogP contribution in [0.1, 0.15) is 50.4 Å². The first-order valence-electron chi connectivity index (χ1n) is 7.84. The van der Waals surface area contributed by atoms with Crippen molar-refractivity contribution in [3.8, 4) is 0 Å². The van der Waals surface area contributed by atoms with Gasteiger partial charge in [-0.2, -0.15) is 0 Å². The third-order valence-corrected chi connectivity index (χ3v) is 4.75. The Balaban J connectivity index is 2.09. The first-order chi connectivity index (χ1) is 10.3. The molecular formula is C18H25NO3. The Morgan fingerprint density at radius 2 is 1.86 bits per heavy atom. The monoisotopic (exact) mass is 303 g/mol. The van der Waals surface area contributed by atoms with Gasteiger partial charge in [0, 0.05) is 11.6 Å². The minimum atomic E-state index is -0.375. The van der Waals surface area contributed by atoms with E-state index in [1.165, 1.54) is 13.5 Å². The molecule has 0 bridgehead atoms. The summed E-state index contributed by atoms with van der Waals surface area (Å²) in [5, 5.41) is 2.99. The quantitative estimate of drug-likeness (QED) is 0.862. The number of carbonyl (C=O) groups excluding carboxylic acids is 2. The molecule has 0 spiro atoms. The summed E-state index contributed by atoms with van der Waals surface area (Å²) in [6.45, 7) is 6.51. The average Bonchev–Trinajstić information content (AvgIpc) is 2.46. The SMILES string of the molecule is COC(=O)c1ccc(NC(=O)C2[C@@H](C)CCCC2(C)C)cc1. The molecule has 0 aliphatic heterocycles. The smallest absolute Gasteiger partial charge is 0.337 e. The highest BCUT2D eigenvalue weighted by Gasteiger charge is 2.41. The van der Waals surface area contributed by atoms with Gasteiger partial charge >= 0.3 is 5.97 Å². The summed E-state index contributed by atoms with van der Waals surface area (Å²) in [5.74, 6) is 0.0996. The van der Waals surface area contributed by atoms with Crippen molar-refractivity contribution in [1.82, 2.24) is 0 Å². The number of ether oxygens (including phenoxy) is 1. The molecule has 0 radical (unpaired) electrons. The van der Waals surface area contributed by atoms with Crippen LogP contribution in [0, 0.1) is 17.3 Å². The predicted octanol–water partition coefficient (Wildman–Crippen LogP) is 3.87. The van der Waals surface area contributed by atoms with Crippen LogP contribution in [-0.2, 0) is 9.53 Å². The van der Waals surface area contributed by atoms with E-state index in [1.54, 1.807) is 24.3 Å². The first kappa shape index (κ1) is 16.5. The van der Waals surface area contributed by atoms with Gasteiger partial charge in [-0.25, -0.2) is 4.79 Å². The number of benzene rings is 1. The van der Waals surface area contributed by atoms with E-state index in [1.807, 2.05) is 0 Å². The average molecular weight is 303 g/mol. The van der Waals surface area contributed by atoms with Gasteiger partial charge in [0.25, 0.3) is 0 Å². The number of hydrogen-bond acceptors (Lipinski definition) is 3. The Morgan fingerprint density at radius 3 is 2.41 bits per heavy atom. The number of hydrogen-bond donors (Lipinski definition) is 1. The van der Waals surface area contributed by atoms with Gasteiger partial charge in [-0.1, -0.05) is 27.2 Å². The van der Waals surface area contributed by atoms with Crippen molar-refractivity contribution in [1.29, 1.82) is 0 Å². The third-order valence-electron chi connectivity index (χ3n) is 4.75. The Morgan fingerprint density at radius 1 is 1.23 bits per heavy atom. The topological polar surface area (TPSA) is 55.4 Å². The zero-order valence-corrected chi connectivity index (χ0v) is 13.8. The highest BCUT2D eigenvalue weighted by Crippen LogP contribution is 2.44. The molecule has 1 saturated carbocycles. The fraction of sp³-hybridized carbons (Fsp3) is 0.556. The Labute approximate surface area is 132 Å². The lowest BCUT2D eigenvalue weighted by Crippen LogP contribution is -2.42. The van der Waals surface area contributed by atoms with E-state index in [4.69, 9.17) is 0 Å². The molecule has 22 heavy (non-hydrogen) atoms. The molecule has 1 N–H and O–H groups in total. The molecule has 4 heteroatoms. The number of nitrogens with one attached hydrogen (secondary N) is 1. The predicted molar refractivity (Wildman–Crippen MR) is 86.7 cm³/mol. The molecule has 1 aromatic carbocycles. The van der Waals surface area contributed by atoms with E-state index in [2.05, 4.69) is 30.8 Å². The molecule has 0 saturated heterocycles. The summed E-state index contributed by atoms with van der Waals surface area (Å²) >= 11 is 0. The maximum atomic E-state index is 12.7. The van der Waals surface area contributed by atoms with Crippen molar-refractivity contribution in [2.24, 2.45) is 17.3 Å². The van der Waals surface area contributed by atoms with Crippen molar-refractivity contribution in [3.05, 3.63) is 29.8 Å². The van der Waals surface area contributed by atoms with Crippen molar-refractivity contribution in [2.45, 2.75) is 40.0 Å². The molecule has 1 fully saturated rings. The number of methoxy groups -OCH3 is 1. The summed E-state index contributed by atoms with van der Waals surface area (Å²) in [7, 11) is 1.35. The molecule has 4 nitrogen and oxygen atoms in total. The molecule has 0 heterocycles. The number of esters is 1. The molecule has 1 amide bonds. The second kappa shape index (κ2) is 6.51. The Bertz CT molecular complexity index is 548. The van der Waals surface area contributed by atoms with Gasteiger partial charge in [0.2, 0.25) is 5.91 Å². The fourth-order valence-corrected chi connectivity index (χ4v) is 3.61. The number of amides is 1. The van der Waals surface area contributed by atoms with Crippen molar-refractivity contribution < 1.29 is 14.3 Å². The molecule has 1 aliphatic carbocycles. The normalized spacial score (nSPS) is 23.6. The van der Waals surface area contributed by atoms with Crippen LogP contribution in [0.2, 0.25) is 0 Å². The summed E-state index contributed by atoms with van der Waals surface area (Å²) in [4.78, 5) is 24.1. The van der Waals surface area contributed by atoms with E-state index in [-0.39, 0.29) is 23.2 Å². The van der Waals surface area contributed by atoms with Crippen LogP contribution in [0.3, 0.4) is 0 Å². The van der Waals surface area contributed by atoms with Crippen molar-refractivity contribution >= 4 is 17.6 Å². The molecule has 0 aromatic heterocycles. The van der Waals surface area contributed by atoms with Crippen LogP contribution in [0.15, 0.2) is 24.3 Å². The van der Waals surface area contributed by atoms with E-state index in [0.29, 0.717) is 17.2 Å². The van der Waals surface area contributed by atoms with E-state index in [0.717, 1.165) is 12.8 Å². The lowest BCUT2D eigenvalue weighted by molar-refractivity contribution is -0.127. The molecule has 1 aromatic rings. The summed E-state index contributed by atoms with van der Waals surface area (Å²) < 4.78 is 4.67. The molecule has 1 unspecified atom stereocenters. The number of carbonyl (C=O) groups is 2. The Hall–Kier alpha value is -1.84. The largest absolute Gasteiger partial charge is 0.465 e. The van der Waals surface area contributed by atoms with Crippen LogP contribution >= 0.6 is 0 Å². The van der Waals surface area contributed by atoms with E-state index < -0.39 is 0 Å². The van der Waals surface area contributed by atoms with Gasteiger partial charge in [-0.15, -0.1) is 0 Å². The van der Waals surface area contributed by atoms with Crippen LogP contribution in [0.4, 0.5) is 5.69 Å². The lowest BCUT2D eigenvalue weighted by Gasteiger charge is -2.41. The van der Waals surface area contributed by atoms with Gasteiger partial charge in [0.05, 0.1) is 12.7 Å². The highest BCUT2D eigenvalue weighted by molar-refractivity contribution is 5.94. The lowest BCUT2D eigenvalue weighted by atomic mass is 9.64. The van der Waals surface area contributed by atoms with Gasteiger partial charge in [-0.05, 0) is 48.4 Å². The molecule has 120 valence electrons. The third kappa shape index (κ3) is 3.49. The number of anilines is 1. The summed E-state index contributed by atoms with van der Waals surface area (Å²) in [5.41, 5.74) is 1.21. The van der Waals surface area contributed by atoms with Gasteiger partial charge in [0.1, 0.15) is 0 Å². The zero-order valence-electron chi connectivity index (χ0n) is 13.8.